The van der Waals surface area contributed by atoms with Crippen LogP contribution in [0.25, 0.3) is 11.1 Å². The molecule has 3 atom stereocenters. The molecule has 0 unspecified atom stereocenters. The maximum absolute atomic E-state index is 13.6. The standard InChI is InChI=1S/C27H36N4O4/c1-18-15-31(19(2)17-32)27(34)23-13-22(20-9-11-28-12-10-20)14-29-25(23)35-24(18)16-30(3)26(33)21-7-5-4-6-8-21/h9-14,18-19,21,24,32H,4-8,15-17H2,1-3H3/t18-,19+,24-/m0/s1. The molecule has 0 spiro atoms. The fourth-order valence-electron chi connectivity index (χ4n) is 5.04. The van der Waals surface area contributed by atoms with Crippen molar-refractivity contribution in [3.63, 3.8) is 0 Å². The Morgan fingerprint density at radius 1 is 1.23 bits per heavy atom. The van der Waals surface area contributed by atoms with Gasteiger partial charge >= 0.3 is 0 Å². The Morgan fingerprint density at radius 3 is 2.63 bits per heavy atom. The van der Waals surface area contributed by atoms with Crippen molar-refractivity contribution in [2.45, 2.75) is 58.1 Å². The quantitative estimate of drug-likeness (QED) is 0.681. The summed E-state index contributed by atoms with van der Waals surface area (Å²) in [5.41, 5.74) is 2.04. The first-order valence-corrected chi connectivity index (χ1v) is 12.6. The van der Waals surface area contributed by atoms with Crippen molar-refractivity contribution in [1.29, 1.82) is 0 Å². The van der Waals surface area contributed by atoms with E-state index in [4.69, 9.17) is 4.74 Å². The number of hydrogen-bond donors (Lipinski definition) is 1. The van der Waals surface area contributed by atoms with Gasteiger partial charge in [-0.2, -0.15) is 0 Å². The van der Waals surface area contributed by atoms with Gasteiger partial charge in [0.15, 0.2) is 0 Å². The molecule has 1 aliphatic heterocycles. The van der Waals surface area contributed by atoms with Crippen LogP contribution in [0.15, 0.2) is 36.8 Å². The Kier molecular flexibility index (Phi) is 8.00. The van der Waals surface area contributed by atoms with Gasteiger partial charge in [0.05, 0.1) is 19.2 Å². The van der Waals surface area contributed by atoms with E-state index in [0.29, 0.717) is 18.7 Å². The summed E-state index contributed by atoms with van der Waals surface area (Å²) in [6.45, 7) is 4.54. The predicted molar refractivity (Wildman–Crippen MR) is 133 cm³/mol. The monoisotopic (exact) mass is 480 g/mol. The third-order valence-electron chi connectivity index (χ3n) is 7.32. The van der Waals surface area contributed by atoms with Crippen LogP contribution < -0.4 is 4.74 Å². The molecule has 1 aliphatic carbocycles. The number of ether oxygens (including phenoxy) is 1. The number of carbonyl (C=O) groups is 2. The molecule has 0 radical (unpaired) electrons. The average molecular weight is 481 g/mol. The van der Waals surface area contributed by atoms with E-state index < -0.39 is 0 Å². The molecular formula is C27H36N4O4. The largest absolute Gasteiger partial charge is 0.472 e. The number of likely N-dealkylation sites (N-methyl/N-ethyl adjacent to an activating group) is 1. The zero-order valence-electron chi connectivity index (χ0n) is 20.9. The number of pyridine rings is 2. The van der Waals surface area contributed by atoms with Gasteiger partial charge in [0, 0.05) is 49.6 Å². The first-order chi connectivity index (χ1) is 16.9. The molecule has 1 saturated carbocycles. The second kappa shape index (κ2) is 11.2. The zero-order chi connectivity index (χ0) is 24.9. The van der Waals surface area contributed by atoms with E-state index in [0.717, 1.165) is 36.8 Å². The summed E-state index contributed by atoms with van der Waals surface area (Å²) in [4.78, 5) is 38.8. The summed E-state index contributed by atoms with van der Waals surface area (Å²) < 4.78 is 6.35. The number of aliphatic hydroxyl groups is 1. The highest BCUT2D eigenvalue weighted by atomic mass is 16.5. The third kappa shape index (κ3) is 5.64. The summed E-state index contributed by atoms with van der Waals surface area (Å²) >= 11 is 0. The van der Waals surface area contributed by atoms with Crippen molar-refractivity contribution in [2.75, 3.05) is 26.7 Å². The molecule has 0 saturated heterocycles. The minimum atomic E-state index is -0.359. The van der Waals surface area contributed by atoms with Crippen LogP contribution in [-0.4, -0.2) is 75.6 Å². The van der Waals surface area contributed by atoms with E-state index in [1.54, 1.807) is 34.5 Å². The normalized spacial score (nSPS) is 21.9. The fourth-order valence-corrected chi connectivity index (χ4v) is 5.04. The molecule has 8 heteroatoms. The highest BCUT2D eigenvalue weighted by molar-refractivity contribution is 5.98. The number of nitrogens with zero attached hydrogens (tertiary/aromatic N) is 4. The number of aliphatic hydroxyl groups excluding tert-OH is 1. The lowest BCUT2D eigenvalue weighted by atomic mass is 9.88. The molecule has 2 aromatic heterocycles. The molecule has 0 bridgehead atoms. The van der Waals surface area contributed by atoms with Crippen LogP contribution in [0.1, 0.15) is 56.3 Å². The van der Waals surface area contributed by atoms with E-state index in [1.165, 1.54) is 6.42 Å². The van der Waals surface area contributed by atoms with Crippen LogP contribution >= 0.6 is 0 Å². The number of aromatic nitrogens is 2. The van der Waals surface area contributed by atoms with Gasteiger partial charge in [0.25, 0.3) is 5.91 Å². The Labute approximate surface area is 207 Å². The second-order valence-corrected chi connectivity index (χ2v) is 9.99. The number of rotatable bonds is 6. The first-order valence-electron chi connectivity index (χ1n) is 12.6. The highest BCUT2D eigenvalue weighted by Gasteiger charge is 2.35. The van der Waals surface area contributed by atoms with E-state index in [2.05, 4.69) is 9.97 Å². The summed E-state index contributed by atoms with van der Waals surface area (Å²) in [5.74, 6) is 0.225. The third-order valence-corrected chi connectivity index (χ3v) is 7.32. The number of fused-ring (bicyclic) bond motifs is 1. The molecule has 3 heterocycles. The van der Waals surface area contributed by atoms with Crippen molar-refractivity contribution in [3.8, 4) is 17.0 Å². The predicted octanol–water partition coefficient (Wildman–Crippen LogP) is 3.40. The number of carbonyl (C=O) groups excluding carboxylic acids is 2. The van der Waals surface area contributed by atoms with Gasteiger partial charge in [-0.1, -0.05) is 26.2 Å². The molecule has 1 N–H and O–H groups in total. The van der Waals surface area contributed by atoms with Crippen molar-refractivity contribution in [3.05, 3.63) is 42.4 Å². The Balaban J connectivity index is 1.64. The van der Waals surface area contributed by atoms with Gasteiger partial charge in [-0.05, 0) is 43.5 Å². The number of amides is 2. The van der Waals surface area contributed by atoms with Gasteiger partial charge in [-0.25, -0.2) is 4.98 Å². The van der Waals surface area contributed by atoms with Crippen molar-refractivity contribution in [2.24, 2.45) is 11.8 Å². The fraction of sp³-hybridized carbons (Fsp3) is 0.556. The van der Waals surface area contributed by atoms with Crippen LogP contribution in [0.3, 0.4) is 0 Å². The van der Waals surface area contributed by atoms with Gasteiger partial charge in [0.1, 0.15) is 11.7 Å². The van der Waals surface area contributed by atoms with E-state index in [9.17, 15) is 14.7 Å². The van der Waals surface area contributed by atoms with Crippen LogP contribution in [0, 0.1) is 11.8 Å². The van der Waals surface area contributed by atoms with Gasteiger partial charge < -0.3 is 19.6 Å². The summed E-state index contributed by atoms with van der Waals surface area (Å²) in [6.07, 6.45) is 10.1. The summed E-state index contributed by atoms with van der Waals surface area (Å²) in [7, 11) is 1.84. The lowest BCUT2D eigenvalue weighted by Gasteiger charge is -2.38. The van der Waals surface area contributed by atoms with Crippen LogP contribution in [0.4, 0.5) is 0 Å². The topological polar surface area (TPSA) is 95.9 Å². The zero-order valence-corrected chi connectivity index (χ0v) is 20.9. The molecule has 2 aromatic rings. The van der Waals surface area contributed by atoms with Crippen molar-refractivity contribution < 1.29 is 19.4 Å². The van der Waals surface area contributed by atoms with E-state index in [1.807, 2.05) is 33.0 Å². The lowest BCUT2D eigenvalue weighted by molar-refractivity contribution is -0.136. The second-order valence-electron chi connectivity index (χ2n) is 9.99. The van der Waals surface area contributed by atoms with Gasteiger partial charge in [0.2, 0.25) is 11.8 Å². The summed E-state index contributed by atoms with van der Waals surface area (Å²) in [5, 5.41) is 9.86. The first kappa shape index (κ1) is 25.1. The maximum atomic E-state index is 13.6. The maximum Gasteiger partial charge on any atom is 0.259 e. The summed E-state index contributed by atoms with van der Waals surface area (Å²) in [6, 6.07) is 5.16. The Morgan fingerprint density at radius 2 is 1.94 bits per heavy atom. The molecule has 1 fully saturated rings. The average Bonchev–Trinajstić information content (AvgIpc) is 2.90. The van der Waals surface area contributed by atoms with Crippen molar-refractivity contribution in [1.82, 2.24) is 19.8 Å². The molecule has 35 heavy (non-hydrogen) atoms. The minimum absolute atomic E-state index is 0.0654. The molecule has 0 aromatic carbocycles. The minimum Gasteiger partial charge on any atom is -0.472 e. The molecule has 188 valence electrons. The lowest BCUT2D eigenvalue weighted by Crippen LogP contribution is -2.51. The number of hydrogen-bond acceptors (Lipinski definition) is 6. The van der Waals surface area contributed by atoms with E-state index in [-0.39, 0.29) is 48.3 Å². The van der Waals surface area contributed by atoms with E-state index >= 15 is 0 Å². The van der Waals surface area contributed by atoms with Crippen LogP contribution in [0.5, 0.6) is 5.88 Å². The molecule has 8 nitrogen and oxygen atoms in total. The Hall–Kier alpha value is -3.00. The highest BCUT2D eigenvalue weighted by Crippen LogP contribution is 2.31. The molecule has 2 aliphatic rings. The van der Waals surface area contributed by atoms with Crippen LogP contribution in [-0.2, 0) is 4.79 Å². The molecule has 4 rings (SSSR count). The van der Waals surface area contributed by atoms with Gasteiger partial charge in [-0.3, -0.25) is 14.6 Å². The Bertz CT molecular complexity index is 1030. The van der Waals surface area contributed by atoms with Crippen LogP contribution in [0.2, 0.25) is 0 Å². The van der Waals surface area contributed by atoms with Crippen molar-refractivity contribution >= 4 is 11.8 Å². The molecular weight excluding hydrogens is 444 g/mol. The SMILES string of the molecule is C[C@H](CO)N1C[C@H](C)[C@H](CN(C)C(=O)C2CCCCC2)Oc2ncc(-c3ccncc3)cc2C1=O. The van der Waals surface area contributed by atoms with Gasteiger partial charge in [-0.15, -0.1) is 0 Å². The molecule has 2 amide bonds. The smallest absolute Gasteiger partial charge is 0.259 e.